The predicted octanol–water partition coefficient (Wildman–Crippen LogP) is 5.57. The van der Waals surface area contributed by atoms with E-state index in [1.54, 1.807) is 7.11 Å². The molecule has 2 heteroatoms. The van der Waals surface area contributed by atoms with Crippen molar-refractivity contribution in [3.05, 3.63) is 96.2 Å². The number of fused-ring (bicyclic) bond motifs is 1. The maximum Gasteiger partial charge on any atom is 0.109 e. The fourth-order valence-electron chi connectivity index (χ4n) is 3.23. The summed E-state index contributed by atoms with van der Waals surface area (Å²) in [7, 11) is 1.76. The minimum absolute atomic E-state index is 0.0778. The molecular formula is C22H19NO. The van der Waals surface area contributed by atoms with Crippen molar-refractivity contribution in [2.45, 2.75) is 6.10 Å². The maximum atomic E-state index is 5.81. The Balaban J connectivity index is 1.71. The van der Waals surface area contributed by atoms with Gasteiger partial charge >= 0.3 is 0 Å². The van der Waals surface area contributed by atoms with E-state index in [1.807, 2.05) is 18.3 Å². The van der Waals surface area contributed by atoms with Crippen LogP contribution in [0.4, 0.5) is 0 Å². The molecule has 4 aromatic rings. The highest BCUT2D eigenvalue weighted by atomic mass is 16.5. The van der Waals surface area contributed by atoms with Crippen LogP contribution in [0.3, 0.4) is 0 Å². The number of methoxy groups -OCH3 is 1. The molecule has 1 atom stereocenters. The Morgan fingerprint density at radius 3 is 2.17 bits per heavy atom. The van der Waals surface area contributed by atoms with E-state index in [1.165, 1.54) is 22.1 Å². The summed E-state index contributed by atoms with van der Waals surface area (Å²) in [6.07, 6.45) is 1.97. The highest BCUT2D eigenvalue weighted by molar-refractivity contribution is 5.84. The van der Waals surface area contributed by atoms with Gasteiger partial charge in [-0.05, 0) is 22.8 Å². The molecule has 24 heavy (non-hydrogen) atoms. The van der Waals surface area contributed by atoms with E-state index >= 15 is 0 Å². The predicted molar refractivity (Wildman–Crippen MR) is 99.0 cm³/mol. The van der Waals surface area contributed by atoms with Crippen molar-refractivity contribution in [1.29, 1.82) is 0 Å². The van der Waals surface area contributed by atoms with E-state index in [4.69, 9.17) is 4.74 Å². The van der Waals surface area contributed by atoms with E-state index in [2.05, 4.69) is 71.7 Å². The third kappa shape index (κ3) is 2.61. The molecule has 4 rings (SSSR count). The van der Waals surface area contributed by atoms with Crippen LogP contribution in [0.25, 0.3) is 22.0 Å². The second kappa shape index (κ2) is 6.34. The van der Waals surface area contributed by atoms with Crippen LogP contribution in [0.2, 0.25) is 0 Å². The molecule has 0 radical (unpaired) electrons. The smallest absolute Gasteiger partial charge is 0.109 e. The van der Waals surface area contributed by atoms with Gasteiger partial charge in [0.25, 0.3) is 0 Å². The van der Waals surface area contributed by atoms with E-state index in [9.17, 15) is 0 Å². The Kier molecular flexibility index (Phi) is 3.89. The van der Waals surface area contributed by atoms with Gasteiger partial charge in [0, 0.05) is 29.8 Å². The minimum atomic E-state index is -0.0778. The number of rotatable bonds is 4. The Hall–Kier alpha value is -2.84. The van der Waals surface area contributed by atoms with Crippen molar-refractivity contribution in [1.82, 2.24) is 4.98 Å². The number of aromatic amines is 1. The van der Waals surface area contributed by atoms with E-state index < -0.39 is 0 Å². The third-order valence-corrected chi connectivity index (χ3v) is 4.46. The summed E-state index contributed by atoms with van der Waals surface area (Å²) >= 11 is 0. The normalized spacial score (nSPS) is 12.4. The molecule has 0 saturated heterocycles. The topological polar surface area (TPSA) is 25.0 Å². The average molecular weight is 313 g/mol. The van der Waals surface area contributed by atoms with Gasteiger partial charge in [0.05, 0.1) is 0 Å². The van der Waals surface area contributed by atoms with Crippen molar-refractivity contribution in [3.63, 3.8) is 0 Å². The number of para-hydroxylation sites is 1. The van der Waals surface area contributed by atoms with E-state index in [-0.39, 0.29) is 6.10 Å². The molecule has 0 aliphatic rings. The molecule has 1 unspecified atom stereocenters. The molecule has 0 aliphatic carbocycles. The largest absolute Gasteiger partial charge is 0.372 e. The zero-order valence-corrected chi connectivity index (χ0v) is 13.6. The molecule has 0 bridgehead atoms. The maximum absolute atomic E-state index is 5.81. The lowest BCUT2D eigenvalue weighted by Crippen LogP contribution is -2.02. The Morgan fingerprint density at radius 2 is 1.42 bits per heavy atom. The molecule has 1 aromatic heterocycles. The number of aromatic nitrogens is 1. The fraction of sp³-hybridized carbons (Fsp3) is 0.0909. The molecule has 1 heterocycles. The van der Waals surface area contributed by atoms with Crippen LogP contribution in [-0.2, 0) is 4.74 Å². The van der Waals surface area contributed by atoms with Crippen LogP contribution in [0.5, 0.6) is 0 Å². The summed E-state index contributed by atoms with van der Waals surface area (Å²) in [5.41, 5.74) is 5.90. The summed E-state index contributed by atoms with van der Waals surface area (Å²) in [6.45, 7) is 0. The van der Waals surface area contributed by atoms with Crippen LogP contribution in [0.1, 0.15) is 17.2 Å². The summed E-state index contributed by atoms with van der Waals surface area (Å²) in [5, 5.41) is 1.21. The Morgan fingerprint density at radius 1 is 0.750 bits per heavy atom. The zero-order chi connectivity index (χ0) is 16.4. The molecule has 0 amide bonds. The van der Waals surface area contributed by atoms with Gasteiger partial charge in [0.1, 0.15) is 6.10 Å². The first-order valence-electron chi connectivity index (χ1n) is 8.11. The van der Waals surface area contributed by atoms with Crippen molar-refractivity contribution in [2.75, 3.05) is 7.11 Å². The number of nitrogens with one attached hydrogen (secondary N) is 1. The average Bonchev–Trinajstić information content (AvgIpc) is 3.08. The number of ether oxygens (including phenoxy) is 1. The first kappa shape index (κ1) is 14.7. The van der Waals surface area contributed by atoms with Crippen molar-refractivity contribution >= 4 is 10.9 Å². The van der Waals surface area contributed by atoms with Crippen molar-refractivity contribution in [2.24, 2.45) is 0 Å². The first-order chi connectivity index (χ1) is 11.9. The molecule has 0 fully saturated rings. The standard InChI is InChI=1S/C22H19NO/c1-24-22(20-15-23-21-10-6-5-9-19(20)21)18-13-11-17(12-14-18)16-7-3-2-4-8-16/h2-15,22-23H,1H3. The van der Waals surface area contributed by atoms with Crippen molar-refractivity contribution < 1.29 is 4.74 Å². The van der Waals surface area contributed by atoms with Gasteiger partial charge in [-0.1, -0.05) is 72.8 Å². The monoisotopic (exact) mass is 313 g/mol. The van der Waals surface area contributed by atoms with Gasteiger partial charge in [0.15, 0.2) is 0 Å². The van der Waals surface area contributed by atoms with E-state index in [0.29, 0.717) is 0 Å². The Labute approximate surface area is 141 Å². The third-order valence-electron chi connectivity index (χ3n) is 4.46. The minimum Gasteiger partial charge on any atom is -0.372 e. The summed E-state index contributed by atoms with van der Waals surface area (Å²) < 4.78 is 5.81. The van der Waals surface area contributed by atoms with Crippen LogP contribution in [-0.4, -0.2) is 12.1 Å². The number of benzene rings is 3. The molecule has 118 valence electrons. The summed E-state index contributed by atoms with van der Waals surface area (Å²) in [6, 6.07) is 27.4. The van der Waals surface area contributed by atoms with Crippen LogP contribution in [0, 0.1) is 0 Å². The van der Waals surface area contributed by atoms with Gasteiger partial charge in [-0.2, -0.15) is 0 Å². The lowest BCUT2D eigenvalue weighted by atomic mass is 9.98. The lowest BCUT2D eigenvalue weighted by molar-refractivity contribution is 0.137. The zero-order valence-electron chi connectivity index (χ0n) is 13.6. The van der Waals surface area contributed by atoms with Crippen LogP contribution in [0.15, 0.2) is 85.1 Å². The molecule has 0 saturated carbocycles. The van der Waals surface area contributed by atoms with Crippen LogP contribution < -0.4 is 0 Å². The molecule has 3 aromatic carbocycles. The number of hydrogen-bond acceptors (Lipinski definition) is 1. The van der Waals surface area contributed by atoms with Gasteiger partial charge in [-0.15, -0.1) is 0 Å². The molecule has 0 spiro atoms. The SMILES string of the molecule is COC(c1ccc(-c2ccccc2)cc1)c1c[nH]c2ccccc12. The molecule has 1 N–H and O–H groups in total. The fourth-order valence-corrected chi connectivity index (χ4v) is 3.23. The Bertz CT molecular complexity index is 939. The quantitative estimate of drug-likeness (QED) is 0.523. The summed E-state index contributed by atoms with van der Waals surface area (Å²) in [4.78, 5) is 3.33. The molecule has 2 nitrogen and oxygen atoms in total. The molecule has 0 aliphatic heterocycles. The van der Waals surface area contributed by atoms with Crippen LogP contribution >= 0.6 is 0 Å². The number of H-pyrrole nitrogens is 1. The van der Waals surface area contributed by atoms with Crippen molar-refractivity contribution in [3.8, 4) is 11.1 Å². The highest BCUT2D eigenvalue weighted by Gasteiger charge is 2.17. The van der Waals surface area contributed by atoms with Gasteiger partial charge in [-0.3, -0.25) is 0 Å². The second-order valence-corrected chi connectivity index (χ2v) is 5.89. The summed E-state index contributed by atoms with van der Waals surface area (Å²) in [5.74, 6) is 0. The second-order valence-electron chi connectivity index (χ2n) is 5.89. The van der Waals surface area contributed by atoms with Gasteiger partial charge in [0.2, 0.25) is 0 Å². The molecular weight excluding hydrogens is 294 g/mol. The van der Waals surface area contributed by atoms with E-state index in [0.717, 1.165) is 11.1 Å². The first-order valence-corrected chi connectivity index (χ1v) is 8.11. The number of hydrogen-bond donors (Lipinski definition) is 1. The van der Waals surface area contributed by atoms with Gasteiger partial charge < -0.3 is 9.72 Å². The lowest BCUT2D eigenvalue weighted by Gasteiger charge is -2.16. The highest BCUT2D eigenvalue weighted by Crippen LogP contribution is 2.32. The van der Waals surface area contributed by atoms with Gasteiger partial charge in [-0.25, -0.2) is 0 Å².